The number of ether oxygens (including phenoxy) is 1. The molecular weight excluding hydrogens is 380 g/mol. The number of nitrogens with zero attached hydrogens (tertiary/aromatic N) is 1. The number of rotatable bonds is 7. The zero-order valence-electron chi connectivity index (χ0n) is 16.4. The van der Waals surface area contributed by atoms with Crippen LogP contribution in [-0.2, 0) is 16.1 Å². The van der Waals surface area contributed by atoms with Crippen LogP contribution in [0.2, 0.25) is 0 Å². The van der Waals surface area contributed by atoms with E-state index in [2.05, 4.69) is 64.8 Å². The molecule has 1 aliphatic rings. The summed E-state index contributed by atoms with van der Waals surface area (Å²) in [4.78, 5) is 15.8. The van der Waals surface area contributed by atoms with E-state index in [-0.39, 0.29) is 12.0 Å². The third-order valence-electron chi connectivity index (χ3n) is 5.09. The first kappa shape index (κ1) is 20.0. The number of amides is 1. The Bertz CT molecular complexity index is 948. The van der Waals surface area contributed by atoms with E-state index in [0.29, 0.717) is 18.9 Å². The van der Waals surface area contributed by atoms with Gasteiger partial charge in [0.25, 0.3) is 0 Å². The zero-order valence-corrected chi connectivity index (χ0v) is 17.2. The van der Waals surface area contributed by atoms with Crippen molar-refractivity contribution in [1.29, 1.82) is 0 Å². The Hall–Kier alpha value is -2.34. The van der Waals surface area contributed by atoms with Gasteiger partial charge in [0, 0.05) is 31.1 Å². The molecule has 0 spiro atoms. The van der Waals surface area contributed by atoms with Crippen LogP contribution in [0.5, 0.6) is 0 Å². The minimum atomic E-state index is 0.0436. The molecule has 1 saturated heterocycles. The van der Waals surface area contributed by atoms with Gasteiger partial charge in [-0.25, -0.2) is 0 Å². The number of nitrogens with one attached hydrogen (secondary N) is 1. The highest BCUT2D eigenvalue weighted by atomic mass is 32.2. The van der Waals surface area contributed by atoms with Gasteiger partial charge in [-0.3, -0.25) is 9.69 Å². The molecule has 4 nitrogen and oxygen atoms in total. The molecule has 1 fully saturated rings. The van der Waals surface area contributed by atoms with Crippen LogP contribution in [0, 0.1) is 0 Å². The van der Waals surface area contributed by atoms with Gasteiger partial charge < -0.3 is 10.1 Å². The monoisotopic (exact) mass is 406 g/mol. The number of morpholine rings is 1. The molecule has 5 heteroatoms. The first-order valence-electron chi connectivity index (χ1n) is 10.0. The van der Waals surface area contributed by atoms with Crippen molar-refractivity contribution in [2.45, 2.75) is 17.5 Å². The molecule has 1 amide bonds. The van der Waals surface area contributed by atoms with Crippen LogP contribution >= 0.6 is 11.8 Å². The second kappa shape index (κ2) is 9.92. The maximum Gasteiger partial charge on any atom is 0.230 e. The predicted octanol–water partition coefficient (Wildman–Crippen LogP) is 3.95. The molecule has 1 unspecified atom stereocenters. The van der Waals surface area contributed by atoms with E-state index in [9.17, 15) is 4.79 Å². The van der Waals surface area contributed by atoms with Crippen LogP contribution in [0.1, 0.15) is 5.56 Å². The van der Waals surface area contributed by atoms with Crippen LogP contribution in [0.3, 0.4) is 0 Å². The molecule has 0 aliphatic carbocycles. The minimum Gasteiger partial charge on any atom is -0.374 e. The third-order valence-corrected chi connectivity index (χ3v) is 6.08. The fourth-order valence-electron chi connectivity index (χ4n) is 3.57. The molecule has 3 aromatic carbocycles. The Balaban J connectivity index is 1.21. The Labute approximate surface area is 176 Å². The van der Waals surface area contributed by atoms with Crippen molar-refractivity contribution in [1.82, 2.24) is 10.2 Å². The van der Waals surface area contributed by atoms with Gasteiger partial charge in [0.05, 0.1) is 18.5 Å². The molecule has 29 heavy (non-hydrogen) atoms. The lowest BCUT2D eigenvalue weighted by atomic mass is 10.1. The van der Waals surface area contributed by atoms with E-state index in [0.717, 1.165) is 24.5 Å². The number of hydrogen-bond acceptors (Lipinski definition) is 4. The van der Waals surface area contributed by atoms with Gasteiger partial charge in [-0.2, -0.15) is 0 Å². The van der Waals surface area contributed by atoms with Gasteiger partial charge in [0.1, 0.15) is 0 Å². The molecule has 4 rings (SSSR count). The Morgan fingerprint density at radius 2 is 1.83 bits per heavy atom. The Morgan fingerprint density at radius 3 is 2.69 bits per heavy atom. The van der Waals surface area contributed by atoms with E-state index in [1.54, 1.807) is 11.8 Å². The molecule has 1 atom stereocenters. The normalized spacial score (nSPS) is 17.3. The van der Waals surface area contributed by atoms with Crippen molar-refractivity contribution in [2.24, 2.45) is 0 Å². The highest BCUT2D eigenvalue weighted by Gasteiger charge is 2.21. The van der Waals surface area contributed by atoms with Crippen LogP contribution in [0.25, 0.3) is 10.8 Å². The number of carbonyl (C=O) groups is 1. The van der Waals surface area contributed by atoms with Crippen molar-refractivity contribution >= 4 is 28.4 Å². The topological polar surface area (TPSA) is 41.6 Å². The van der Waals surface area contributed by atoms with Gasteiger partial charge in [-0.15, -0.1) is 11.8 Å². The number of hydrogen-bond donors (Lipinski definition) is 1. The van der Waals surface area contributed by atoms with Gasteiger partial charge in [-0.1, -0.05) is 60.7 Å². The average molecular weight is 407 g/mol. The zero-order chi connectivity index (χ0) is 19.9. The van der Waals surface area contributed by atoms with Crippen LogP contribution < -0.4 is 5.32 Å². The highest BCUT2D eigenvalue weighted by Crippen LogP contribution is 2.23. The van der Waals surface area contributed by atoms with Crippen molar-refractivity contribution in [2.75, 3.05) is 32.0 Å². The second-order valence-electron chi connectivity index (χ2n) is 7.32. The summed E-state index contributed by atoms with van der Waals surface area (Å²) in [5.41, 5.74) is 1.31. The molecule has 1 aliphatic heterocycles. The van der Waals surface area contributed by atoms with Crippen molar-refractivity contribution in [3.05, 3.63) is 78.4 Å². The van der Waals surface area contributed by atoms with E-state index in [1.165, 1.54) is 16.3 Å². The molecule has 0 bridgehead atoms. The van der Waals surface area contributed by atoms with Crippen molar-refractivity contribution in [3.8, 4) is 0 Å². The molecule has 0 saturated carbocycles. The lowest BCUT2D eigenvalue weighted by molar-refractivity contribution is -0.119. The van der Waals surface area contributed by atoms with Crippen LogP contribution in [0.4, 0.5) is 0 Å². The largest absolute Gasteiger partial charge is 0.374 e. The molecule has 3 aromatic rings. The summed E-state index contributed by atoms with van der Waals surface area (Å²) in [5, 5.41) is 5.45. The molecule has 0 radical (unpaired) electrons. The standard InChI is InChI=1S/C24H26N2O2S/c27-24(18-29-23-11-10-20-8-4-5-9-21(20)14-23)25-15-22-17-26(12-13-28-22)16-19-6-2-1-3-7-19/h1-11,14,22H,12-13,15-18H2,(H,25,27). The van der Waals surface area contributed by atoms with E-state index in [4.69, 9.17) is 4.74 Å². The number of carbonyl (C=O) groups excluding carboxylic acids is 1. The summed E-state index contributed by atoms with van der Waals surface area (Å²) in [6.07, 6.45) is 0.0436. The SMILES string of the molecule is O=C(CSc1ccc2ccccc2c1)NCC1CN(Cc2ccccc2)CCO1. The second-order valence-corrected chi connectivity index (χ2v) is 8.36. The quantitative estimate of drug-likeness (QED) is 0.604. The summed E-state index contributed by atoms with van der Waals surface area (Å²) in [7, 11) is 0. The summed E-state index contributed by atoms with van der Waals surface area (Å²) in [6.45, 7) is 3.96. The maximum atomic E-state index is 12.3. The van der Waals surface area contributed by atoms with Crippen LogP contribution in [0.15, 0.2) is 77.7 Å². The van der Waals surface area contributed by atoms with Crippen molar-refractivity contribution in [3.63, 3.8) is 0 Å². The van der Waals surface area contributed by atoms with Crippen molar-refractivity contribution < 1.29 is 9.53 Å². The Morgan fingerprint density at radius 1 is 1.03 bits per heavy atom. The first-order valence-corrected chi connectivity index (χ1v) is 11.0. The maximum absolute atomic E-state index is 12.3. The first-order chi connectivity index (χ1) is 14.3. The van der Waals surface area contributed by atoms with E-state index in [1.807, 2.05) is 18.2 Å². The summed E-state index contributed by atoms with van der Waals surface area (Å²) in [5.74, 6) is 0.464. The summed E-state index contributed by atoms with van der Waals surface area (Å²) < 4.78 is 5.84. The number of thioether (sulfide) groups is 1. The van der Waals surface area contributed by atoms with E-state index < -0.39 is 0 Å². The van der Waals surface area contributed by atoms with E-state index >= 15 is 0 Å². The fourth-order valence-corrected chi connectivity index (χ4v) is 4.35. The number of benzene rings is 3. The van der Waals surface area contributed by atoms with Gasteiger partial charge in [0.2, 0.25) is 5.91 Å². The van der Waals surface area contributed by atoms with Crippen LogP contribution in [-0.4, -0.2) is 48.9 Å². The summed E-state index contributed by atoms with van der Waals surface area (Å²) >= 11 is 1.57. The smallest absolute Gasteiger partial charge is 0.230 e. The fraction of sp³-hybridized carbons (Fsp3) is 0.292. The molecule has 0 aromatic heterocycles. The Kier molecular flexibility index (Phi) is 6.83. The molecular formula is C24H26N2O2S. The molecule has 1 N–H and O–H groups in total. The summed E-state index contributed by atoms with van der Waals surface area (Å²) in [6, 6.07) is 25.1. The van der Waals surface area contributed by atoms with Gasteiger partial charge in [0.15, 0.2) is 0 Å². The number of fused-ring (bicyclic) bond motifs is 1. The molecule has 1 heterocycles. The molecule has 150 valence electrons. The lowest BCUT2D eigenvalue weighted by Crippen LogP contribution is -2.47. The van der Waals surface area contributed by atoms with Gasteiger partial charge >= 0.3 is 0 Å². The third kappa shape index (κ3) is 5.82. The predicted molar refractivity (Wildman–Crippen MR) is 119 cm³/mol. The highest BCUT2D eigenvalue weighted by molar-refractivity contribution is 8.00. The lowest BCUT2D eigenvalue weighted by Gasteiger charge is -2.33. The minimum absolute atomic E-state index is 0.0436. The van der Waals surface area contributed by atoms with Gasteiger partial charge in [-0.05, 0) is 28.5 Å². The average Bonchev–Trinajstić information content (AvgIpc) is 2.77.